The molecule has 1 saturated heterocycles. The monoisotopic (exact) mass is 361 g/mol. The molecule has 1 aliphatic carbocycles. The van der Waals surface area contributed by atoms with E-state index in [9.17, 15) is 14.3 Å². The molecular formula is C22H32FNO2. The van der Waals surface area contributed by atoms with Gasteiger partial charge in [-0.15, -0.1) is 0 Å². The molecule has 3 rings (SSSR count). The molecule has 2 aliphatic rings. The lowest BCUT2D eigenvalue weighted by molar-refractivity contribution is -0.152. The average molecular weight is 362 g/mol. The summed E-state index contributed by atoms with van der Waals surface area (Å²) in [4.78, 5) is 14.4. The Bertz CT molecular complexity index is 629. The maximum absolute atomic E-state index is 14.2. The molecule has 1 amide bonds. The lowest BCUT2D eigenvalue weighted by Crippen LogP contribution is -2.61. The second-order valence-electron chi connectivity index (χ2n) is 8.56. The molecule has 1 aliphatic heterocycles. The van der Waals surface area contributed by atoms with Crippen LogP contribution in [-0.2, 0) is 11.2 Å². The van der Waals surface area contributed by atoms with E-state index in [0.717, 1.165) is 69.2 Å². The molecule has 1 atom stereocenters. The Morgan fingerprint density at radius 1 is 1.35 bits per heavy atom. The first-order chi connectivity index (χ1) is 12.5. The number of hydrogen-bond acceptors (Lipinski definition) is 2. The van der Waals surface area contributed by atoms with E-state index in [0.29, 0.717) is 5.92 Å². The van der Waals surface area contributed by atoms with E-state index in [1.54, 1.807) is 0 Å². The Hall–Kier alpha value is -1.42. The predicted molar refractivity (Wildman–Crippen MR) is 101 cm³/mol. The topological polar surface area (TPSA) is 40.5 Å². The quantitative estimate of drug-likeness (QED) is 0.828. The number of aliphatic hydroxyl groups is 1. The van der Waals surface area contributed by atoms with Crippen LogP contribution in [0, 0.1) is 30.0 Å². The molecule has 0 bridgehead atoms. The predicted octanol–water partition coefficient (Wildman–Crippen LogP) is 4.10. The number of nitrogens with zero attached hydrogens (tertiary/aromatic N) is 1. The van der Waals surface area contributed by atoms with E-state index in [2.05, 4.69) is 0 Å². The number of hydrogen-bond donors (Lipinski definition) is 1. The van der Waals surface area contributed by atoms with Gasteiger partial charge >= 0.3 is 0 Å². The van der Waals surface area contributed by atoms with E-state index in [1.807, 2.05) is 36.9 Å². The highest BCUT2D eigenvalue weighted by atomic mass is 19.1. The first kappa shape index (κ1) is 19.3. The number of aliphatic hydroxyl groups excluding tert-OH is 1. The van der Waals surface area contributed by atoms with Gasteiger partial charge in [0.1, 0.15) is 5.82 Å². The summed E-state index contributed by atoms with van der Waals surface area (Å²) >= 11 is 0. The molecule has 144 valence electrons. The maximum Gasteiger partial charge on any atom is 0.228 e. The Kier molecular flexibility index (Phi) is 6.01. The third-order valence-electron chi connectivity index (χ3n) is 6.52. The van der Waals surface area contributed by atoms with Gasteiger partial charge in [0.15, 0.2) is 0 Å². The van der Waals surface area contributed by atoms with Gasteiger partial charge < -0.3 is 10.0 Å². The summed E-state index contributed by atoms with van der Waals surface area (Å²) in [6, 6.07) is 5.69. The normalized spacial score (nSPS) is 20.8. The van der Waals surface area contributed by atoms with E-state index in [-0.39, 0.29) is 29.7 Å². The molecule has 1 N–H and O–H groups in total. The van der Waals surface area contributed by atoms with Gasteiger partial charge in [0, 0.05) is 18.5 Å². The van der Waals surface area contributed by atoms with Crippen LogP contribution in [0.5, 0.6) is 0 Å². The fourth-order valence-electron chi connectivity index (χ4n) is 4.81. The number of halogens is 1. The molecular weight excluding hydrogens is 329 g/mol. The van der Waals surface area contributed by atoms with E-state index >= 15 is 0 Å². The Morgan fingerprint density at radius 3 is 2.65 bits per heavy atom. The highest BCUT2D eigenvalue weighted by Crippen LogP contribution is 2.46. The fourth-order valence-corrected chi connectivity index (χ4v) is 4.81. The van der Waals surface area contributed by atoms with Crippen molar-refractivity contribution in [3.8, 4) is 0 Å². The van der Waals surface area contributed by atoms with Crippen LogP contribution >= 0.6 is 0 Å². The number of aryl methyl sites for hydroxylation is 1. The van der Waals surface area contributed by atoms with Gasteiger partial charge in [0.25, 0.3) is 0 Å². The van der Waals surface area contributed by atoms with Gasteiger partial charge in [-0.2, -0.15) is 0 Å². The fraction of sp³-hybridized carbons (Fsp3) is 0.682. The highest BCUT2D eigenvalue weighted by molar-refractivity contribution is 5.80. The summed E-state index contributed by atoms with van der Waals surface area (Å²) in [7, 11) is 0. The van der Waals surface area contributed by atoms with Gasteiger partial charge in [-0.3, -0.25) is 4.79 Å². The summed E-state index contributed by atoms with van der Waals surface area (Å²) in [5.41, 5.74) is 1.86. The third kappa shape index (κ3) is 3.95. The molecule has 4 heteroatoms. The highest BCUT2D eigenvalue weighted by Gasteiger charge is 2.47. The van der Waals surface area contributed by atoms with Crippen LogP contribution in [0.2, 0.25) is 0 Å². The van der Waals surface area contributed by atoms with Crippen molar-refractivity contribution in [2.45, 2.75) is 58.8 Å². The number of amides is 1. The summed E-state index contributed by atoms with van der Waals surface area (Å²) < 4.78 is 14.2. The Labute approximate surface area is 156 Å². The zero-order valence-electron chi connectivity index (χ0n) is 16.1. The molecule has 3 nitrogen and oxygen atoms in total. The van der Waals surface area contributed by atoms with Crippen LogP contribution in [-0.4, -0.2) is 35.6 Å². The minimum atomic E-state index is -0.224. The Morgan fingerprint density at radius 2 is 2.04 bits per heavy atom. The van der Waals surface area contributed by atoms with E-state index in [1.165, 1.54) is 0 Å². The van der Waals surface area contributed by atoms with Crippen molar-refractivity contribution < 1.29 is 14.3 Å². The maximum atomic E-state index is 14.2. The zero-order valence-corrected chi connectivity index (χ0v) is 16.1. The van der Waals surface area contributed by atoms with Crippen molar-refractivity contribution in [3.05, 3.63) is 35.1 Å². The summed E-state index contributed by atoms with van der Waals surface area (Å²) in [6.45, 7) is 5.52. The molecule has 1 aromatic rings. The van der Waals surface area contributed by atoms with Crippen LogP contribution in [0.3, 0.4) is 0 Å². The SMILES string of the molecule is CCC[C@H](CO)C(=O)N1CC2(CCC(Cc3cccc(C)c3F)CC2)C1. The molecule has 1 aromatic carbocycles. The largest absolute Gasteiger partial charge is 0.396 e. The van der Waals surface area contributed by atoms with Crippen LogP contribution in [0.25, 0.3) is 0 Å². The summed E-state index contributed by atoms with van der Waals surface area (Å²) in [6.07, 6.45) is 7.02. The first-order valence-electron chi connectivity index (χ1n) is 10.1. The molecule has 1 heterocycles. The van der Waals surface area contributed by atoms with Crippen LogP contribution in [0.15, 0.2) is 18.2 Å². The molecule has 1 saturated carbocycles. The van der Waals surface area contributed by atoms with Crippen LogP contribution in [0.4, 0.5) is 4.39 Å². The first-order valence-corrected chi connectivity index (χ1v) is 10.1. The number of benzene rings is 1. The van der Waals surface area contributed by atoms with Crippen molar-refractivity contribution in [1.29, 1.82) is 0 Å². The van der Waals surface area contributed by atoms with Gasteiger partial charge in [-0.25, -0.2) is 4.39 Å². The van der Waals surface area contributed by atoms with Crippen molar-refractivity contribution >= 4 is 5.91 Å². The van der Waals surface area contributed by atoms with Crippen LogP contribution in [0.1, 0.15) is 56.6 Å². The van der Waals surface area contributed by atoms with Crippen molar-refractivity contribution in [2.24, 2.45) is 17.3 Å². The van der Waals surface area contributed by atoms with E-state index < -0.39 is 0 Å². The molecule has 26 heavy (non-hydrogen) atoms. The van der Waals surface area contributed by atoms with Crippen LogP contribution < -0.4 is 0 Å². The number of carbonyl (C=O) groups excluding carboxylic acids is 1. The molecule has 0 radical (unpaired) electrons. The second-order valence-corrected chi connectivity index (χ2v) is 8.56. The van der Waals surface area contributed by atoms with Gasteiger partial charge in [0.05, 0.1) is 12.5 Å². The zero-order chi connectivity index (χ0) is 18.7. The van der Waals surface area contributed by atoms with Crippen molar-refractivity contribution in [2.75, 3.05) is 19.7 Å². The minimum absolute atomic E-state index is 0.0414. The van der Waals surface area contributed by atoms with Gasteiger partial charge in [0.2, 0.25) is 5.91 Å². The molecule has 0 aromatic heterocycles. The van der Waals surface area contributed by atoms with E-state index in [4.69, 9.17) is 0 Å². The average Bonchev–Trinajstić information content (AvgIpc) is 2.62. The number of likely N-dealkylation sites (tertiary alicyclic amines) is 1. The Balaban J connectivity index is 1.49. The third-order valence-corrected chi connectivity index (χ3v) is 6.52. The lowest BCUT2D eigenvalue weighted by atomic mass is 9.65. The van der Waals surface area contributed by atoms with Gasteiger partial charge in [-0.05, 0) is 62.5 Å². The standard InChI is InChI=1S/C22H32FNO2/c1-3-5-19(13-25)21(26)24-14-22(15-24)10-8-17(9-11-22)12-18-7-4-6-16(2)20(18)23/h4,6-7,17,19,25H,3,5,8-15H2,1-2H3/t19-/m1/s1. The minimum Gasteiger partial charge on any atom is -0.396 e. The molecule has 0 unspecified atom stereocenters. The number of rotatable bonds is 6. The summed E-state index contributed by atoms with van der Waals surface area (Å²) in [5, 5.41) is 9.44. The molecule has 1 spiro atoms. The lowest BCUT2D eigenvalue weighted by Gasteiger charge is -2.54. The summed E-state index contributed by atoms with van der Waals surface area (Å²) in [5.74, 6) is 0.410. The smallest absolute Gasteiger partial charge is 0.228 e. The second kappa shape index (κ2) is 8.08. The van der Waals surface area contributed by atoms with Gasteiger partial charge in [-0.1, -0.05) is 31.5 Å². The molecule has 2 fully saturated rings. The number of carbonyl (C=O) groups is 1. The van der Waals surface area contributed by atoms with Crippen molar-refractivity contribution in [1.82, 2.24) is 4.90 Å². The van der Waals surface area contributed by atoms with Crippen molar-refractivity contribution in [3.63, 3.8) is 0 Å².